The molecule has 0 atom stereocenters. The van der Waals surface area contributed by atoms with E-state index in [1.54, 1.807) is 32.7 Å². The van der Waals surface area contributed by atoms with E-state index in [2.05, 4.69) is 16.0 Å². The van der Waals surface area contributed by atoms with Crippen LogP contribution in [0.4, 0.5) is 0 Å². The molecule has 3 aromatic rings. The summed E-state index contributed by atoms with van der Waals surface area (Å²) in [6.45, 7) is 0. The van der Waals surface area contributed by atoms with Crippen LogP contribution in [0.3, 0.4) is 0 Å². The van der Waals surface area contributed by atoms with Crippen molar-refractivity contribution in [3.8, 4) is 28.8 Å². The fourth-order valence-corrected chi connectivity index (χ4v) is 3.10. The fourth-order valence-electron chi connectivity index (χ4n) is 2.30. The molecule has 0 N–H and O–H groups in total. The predicted molar refractivity (Wildman–Crippen MR) is 98.4 cm³/mol. The van der Waals surface area contributed by atoms with Gasteiger partial charge >= 0.3 is 0 Å². The molecule has 2 heterocycles. The van der Waals surface area contributed by atoms with E-state index in [9.17, 15) is 5.26 Å². The van der Waals surface area contributed by atoms with Gasteiger partial charge in [-0.2, -0.15) is 5.26 Å². The van der Waals surface area contributed by atoms with Crippen LogP contribution < -0.4 is 9.47 Å². The molecule has 0 saturated carbocycles. The first-order valence-electron chi connectivity index (χ1n) is 7.45. The minimum absolute atomic E-state index is 0.498. The summed E-state index contributed by atoms with van der Waals surface area (Å²) in [6.07, 6.45) is 5.23. The molecule has 0 amide bonds. The van der Waals surface area contributed by atoms with E-state index >= 15 is 0 Å². The maximum Gasteiger partial charge on any atom is 0.161 e. The number of benzene rings is 1. The predicted octanol–water partition coefficient (Wildman–Crippen LogP) is 4.29. The number of thiazole rings is 1. The molecule has 0 spiro atoms. The molecule has 25 heavy (non-hydrogen) atoms. The van der Waals surface area contributed by atoms with Gasteiger partial charge in [-0.25, -0.2) is 4.98 Å². The minimum Gasteiger partial charge on any atom is -0.493 e. The van der Waals surface area contributed by atoms with E-state index in [0.717, 1.165) is 16.8 Å². The second-order valence-corrected chi connectivity index (χ2v) is 5.92. The van der Waals surface area contributed by atoms with E-state index in [0.29, 0.717) is 22.1 Å². The molecule has 3 rings (SSSR count). The quantitative estimate of drug-likeness (QED) is 0.643. The third-order valence-corrected chi connectivity index (χ3v) is 4.43. The van der Waals surface area contributed by atoms with Gasteiger partial charge in [0.1, 0.15) is 11.1 Å². The van der Waals surface area contributed by atoms with E-state index in [4.69, 9.17) is 9.47 Å². The lowest BCUT2D eigenvalue weighted by atomic mass is 10.1. The van der Waals surface area contributed by atoms with Gasteiger partial charge in [0.15, 0.2) is 11.5 Å². The highest BCUT2D eigenvalue weighted by Gasteiger charge is 2.10. The molecule has 0 fully saturated rings. The molecule has 2 aromatic heterocycles. The van der Waals surface area contributed by atoms with E-state index in [1.807, 2.05) is 35.7 Å². The highest BCUT2D eigenvalue weighted by atomic mass is 32.1. The van der Waals surface area contributed by atoms with Crippen LogP contribution in [0, 0.1) is 11.3 Å². The number of aromatic nitrogens is 2. The van der Waals surface area contributed by atoms with Crippen LogP contribution in [-0.2, 0) is 0 Å². The molecule has 5 nitrogen and oxygen atoms in total. The normalized spacial score (nSPS) is 11.0. The van der Waals surface area contributed by atoms with Crippen LogP contribution in [0.15, 0.2) is 48.1 Å². The number of methoxy groups -OCH3 is 2. The minimum atomic E-state index is 0.498. The van der Waals surface area contributed by atoms with Gasteiger partial charge in [0, 0.05) is 23.3 Å². The average Bonchev–Trinajstić information content (AvgIpc) is 3.16. The van der Waals surface area contributed by atoms with Crippen molar-refractivity contribution in [2.45, 2.75) is 0 Å². The first-order chi connectivity index (χ1) is 12.2. The maximum absolute atomic E-state index is 9.53. The van der Waals surface area contributed by atoms with Gasteiger partial charge in [-0.05, 0) is 35.9 Å². The van der Waals surface area contributed by atoms with Crippen molar-refractivity contribution < 1.29 is 9.47 Å². The van der Waals surface area contributed by atoms with Gasteiger partial charge in [-0.15, -0.1) is 11.3 Å². The Morgan fingerprint density at radius 3 is 2.56 bits per heavy atom. The molecule has 124 valence electrons. The van der Waals surface area contributed by atoms with Gasteiger partial charge in [-0.3, -0.25) is 4.98 Å². The largest absolute Gasteiger partial charge is 0.493 e. The Labute approximate surface area is 149 Å². The van der Waals surface area contributed by atoms with Crippen LogP contribution in [0.25, 0.3) is 22.9 Å². The number of pyridine rings is 1. The summed E-state index contributed by atoms with van der Waals surface area (Å²) in [4.78, 5) is 8.57. The van der Waals surface area contributed by atoms with Crippen molar-refractivity contribution in [2.24, 2.45) is 0 Å². The summed E-state index contributed by atoms with van der Waals surface area (Å²) in [6, 6.07) is 11.5. The summed E-state index contributed by atoms with van der Waals surface area (Å²) in [5.41, 5.74) is 3.14. The van der Waals surface area contributed by atoms with Crippen molar-refractivity contribution in [1.82, 2.24) is 9.97 Å². The maximum atomic E-state index is 9.53. The lowest BCUT2D eigenvalue weighted by Crippen LogP contribution is -1.91. The van der Waals surface area contributed by atoms with Crippen LogP contribution in [-0.4, -0.2) is 24.2 Å². The molecular weight excluding hydrogens is 334 g/mol. The van der Waals surface area contributed by atoms with Crippen molar-refractivity contribution in [2.75, 3.05) is 14.2 Å². The molecule has 0 aliphatic carbocycles. The van der Waals surface area contributed by atoms with Gasteiger partial charge in [0.2, 0.25) is 0 Å². The Kier molecular flexibility index (Phi) is 5.07. The standard InChI is InChI=1S/C19H15N3O2S/c1-23-17-4-3-13(10-18(17)24-2)9-15(11-20)19-22-16(12-25-19)14-5-7-21-8-6-14/h3-10,12H,1-2H3/b15-9-. The number of hydrogen-bond donors (Lipinski definition) is 0. The van der Waals surface area contributed by atoms with Crippen molar-refractivity contribution in [3.63, 3.8) is 0 Å². The lowest BCUT2D eigenvalue weighted by Gasteiger charge is -2.07. The first-order valence-corrected chi connectivity index (χ1v) is 8.33. The molecule has 1 aromatic carbocycles. The Morgan fingerprint density at radius 1 is 1.12 bits per heavy atom. The molecule has 6 heteroatoms. The van der Waals surface area contributed by atoms with Gasteiger partial charge in [0.05, 0.1) is 25.5 Å². The Hall–Kier alpha value is -3.17. The van der Waals surface area contributed by atoms with Crippen LogP contribution >= 0.6 is 11.3 Å². The Balaban J connectivity index is 1.94. The molecule has 0 radical (unpaired) electrons. The third kappa shape index (κ3) is 3.67. The summed E-state index contributed by atoms with van der Waals surface area (Å²) < 4.78 is 10.5. The zero-order valence-corrected chi connectivity index (χ0v) is 14.6. The molecule has 0 bridgehead atoms. The number of hydrogen-bond acceptors (Lipinski definition) is 6. The zero-order chi connectivity index (χ0) is 17.6. The summed E-state index contributed by atoms with van der Waals surface area (Å²) in [5.74, 6) is 1.26. The van der Waals surface area contributed by atoms with Crippen molar-refractivity contribution in [1.29, 1.82) is 5.26 Å². The highest BCUT2D eigenvalue weighted by Crippen LogP contribution is 2.31. The number of rotatable bonds is 5. The molecular formula is C19H15N3O2S. The first kappa shape index (κ1) is 16.7. The summed E-state index contributed by atoms with van der Waals surface area (Å²) >= 11 is 1.44. The molecule has 0 unspecified atom stereocenters. The van der Waals surface area contributed by atoms with Crippen LogP contribution in [0.2, 0.25) is 0 Å². The number of allylic oxidation sites excluding steroid dienone is 1. The van der Waals surface area contributed by atoms with E-state index < -0.39 is 0 Å². The lowest BCUT2D eigenvalue weighted by molar-refractivity contribution is 0.355. The summed E-state index contributed by atoms with van der Waals surface area (Å²) in [7, 11) is 3.17. The number of ether oxygens (including phenoxy) is 2. The van der Waals surface area contributed by atoms with Crippen LogP contribution in [0.1, 0.15) is 10.6 Å². The van der Waals surface area contributed by atoms with E-state index in [-0.39, 0.29) is 0 Å². The SMILES string of the molecule is COc1ccc(/C=C(/C#N)c2nc(-c3ccncc3)cs2)cc1OC. The van der Waals surface area contributed by atoms with Gasteiger partial charge in [-0.1, -0.05) is 6.07 Å². The monoisotopic (exact) mass is 349 g/mol. The third-order valence-electron chi connectivity index (χ3n) is 3.55. The second kappa shape index (κ2) is 7.60. The fraction of sp³-hybridized carbons (Fsp3) is 0.105. The smallest absolute Gasteiger partial charge is 0.161 e. The molecule has 0 aliphatic rings. The van der Waals surface area contributed by atoms with Gasteiger partial charge < -0.3 is 9.47 Å². The van der Waals surface area contributed by atoms with E-state index in [1.165, 1.54) is 11.3 Å². The Morgan fingerprint density at radius 2 is 1.88 bits per heavy atom. The van der Waals surface area contributed by atoms with Crippen LogP contribution in [0.5, 0.6) is 11.5 Å². The summed E-state index contributed by atoms with van der Waals surface area (Å²) in [5, 5.41) is 12.1. The molecule has 0 saturated heterocycles. The average molecular weight is 349 g/mol. The highest BCUT2D eigenvalue weighted by molar-refractivity contribution is 7.11. The number of nitriles is 1. The van der Waals surface area contributed by atoms with Crippen molar-refractivity contribution >= 4 is 23.0 Å². The van der Waals surface area contributed by atoms with Gasteiger partial charge in [0.25, 0.3) is 0 Å². The van der Waals surface area contributed by atoms with Crippen molar-refractivity contribution in [3.05, 3.63) is 58.7 Å². The second-order valence-electron chi connectivity index (χ2n) is 5.06. The molecule has 0 aliphatic heterocycles. The number of nitrogens with zero attached hydrogens (tertiary/aromatic N) is 3. The topological polar surface area (TPSA) is 68.0 Å². The Bertz CT molecular complexity index is 943. The zero-order valence-electron chi connectivity index (χ0n) is 13.8.